The summed E-state index contributed by atoms with van der Waals surface area (Å²) in [5.41, 5.74) is 1.86. The first-order chi connectivity index (χ1) is 12.9. The lowest BCUT2D eigenvalue weighted by Crippen LogP contribution is -2.53. The first-order valence-corrected chi connectivity index (χ1v) is 9.65. The Morgan fingerprint density at radius 1 is 1.37 bits per heavy atom. The van der Waals surface area contributed by atoms with Crippen molar-refractivity contribution in [2.75, 3.05) is 31.1 Å². The molecular weight excluding hydrogens is 381 g/mol. The molecule has 27 heavy (non-hydrogen) atoms. The van der Waals surface area contributed by atoms with Crippen molar-refractivity contribution in [3.8, 4) is 5.75 Å². The van der Waals surface area contributed by atoms with Gasteiger partial charge in [0.1, 0.15) is 5.75 Å². The van der Waals surface area contributed by atoms with Crippen molar-refractivity contribution in [3.05, 3.63) is 17.7 Å². The number of piperidine rings is 1. The SMILES string of the molecule is O=C1NC2CCN(CC(F)(F)F)CC2N1c1nc2c3c(ccc2s1)OCC3. The third-order valence-electron chi connectivity index (χ3n) is 5.36. The molecular formula is C17H17F3N4O2S. The zero-order valence-electron chi connectivity index (χ0n) is 14.3. The molecule has 0 bridgehead atoms. The summed E-state index contributed by atoms with van der Waals surface area (Å²) in [6.07, 6.45) is -2.98. The van der Waals surface area contributed by atoms with Gasteiger partial charge < -0.3 is 10.1 Å². The number of urea groups is 1. The van der Waals surface area contributed by atoms with Crippen LogP contribution in [0, 0.1) is 0 Å². The van der Waals surface area contributed by atoms with E-state index in [1.807, 2.05) is 12.1 Å². The Hall–Kier alpha value is -2.07. The van der Waals surface area contributed by atoms with E-state index >= 15 is 0 Å². The van der Waals surface area contributed by atoms with Gasteiger partial charge in [0.2, 0.25) is 0 Å². The molecule has 6 nitrogen and oxygen atoms in total. The second-order valence-electron chi connectivity index (χ2n) is 7.12. The summed E-state index contributed by atoms with van der Waals surface area (Å²) in [5, 5.41) is 3.44. The molecule has 2 saturated heterocycles. The Labute approximate surface area is 156 Å². The van der Waals surface area contributed by atoms with Gasteiger partial charge in [-0.25, -0.2) is 9.78 Å². The number of fused-ring (bicyclic) bond motifs is 4. The van der Waals surface area contributed by atoms with Crippen molar-refractivity contribution in [2.24, 2.45) is 0 Å². The van der Waals surface area contributed by atoms with Gasteiger partial charge in [-0.3, -0.25) is 9.80 Å². The van der Waals surface area contributed by atoms with Gasteiger partial charge >= 0.3 is 12.2 Å². The smallest absolute Gasteiger partial charge is 0.401 e. The van der Waals surface area contributed by atoms with Crippen LogP contribution in [0.5, 0.6) is 5.75 Å². The minimum Gasteiger partial charge on any atom is -0.493 e. The predicted octanol–water partition coefficient (Wildman–Crippen LogP) is 2.77. The number of hydrogen-bond acceptors (Lipinski definition) is 5. The van der Waals surface area contributed by atoms with Crippen LogP contribution in [-0.2, 0) is 6.42 Å². The lowest BCUT2D eigenvalue weighted by Gasteiger charge is -2.36. The van der Waals surface area contributed by atoms with Crippen LogP contribution in [0.15, 0.2) is 12.1 Å². The minimum absolute atomic E-state index is 0.150. The van der Waals surface area contributed by atoms with Crippen LogP contribution >= 0.6 is 11.3 Å². The molecule has 5 rings (SSSR count). The maximum absolute atomic E-state index is 12.8. The van der Waals surface area contributed by atoms with E-state index in [4.69, 9.17) is 4.74 Å². The van der Waals surface area contributed by atoms with Gasteiger partial charge in [-0.1, -0.05) is 11.3 Å². The van der Waals surface area contributed by atoms with Crippen molar-refractivity contribution >= 4 is 32.7 Å². The summed E-state index contributed by atoms with van der Waals surface area (Å²) in [7, 11) is 0. The highest BCUT2D eigenvalue weighted by Crippen LogP contribution is 2.39. The topological polar surface area (TPSA) is 57.7 Å². The first-order valence-electron chi connectivity index (χ1n) is 8.83. The molecule has 144 valence electrons. The van der Waals surface area contributed by atoms with E-state index in [1.165, 1.54) is 16.2 Å². The lowest BCUT2D eigenvalue weighted by molar-refractivity contribution is -0.148. The van der Waals surface area contributed by atoms with Gasteiger partial charge in [0.15, 0.2) is 5.13 Å². The van der Waals surface area contributed by atoms with Crippen LogP contribution in [0.2, 0.25) is 0 Å². The van der Waals surface area contributed by atoms with Crippen LogP contribution in [0.3, 0.4) is 0 Å². The van der Waals surface area contributed by atoms with E-state index in [0.717, 1.165) is 28.0 Å². The molecule has 4 heterocycles. The van der Waals surface area contributed by atoms with Crippen molar-refractivity contribution < 1.29 is 22.7 Å². The first kappa shape index (κ1) is 17.1. The summed E-state index contributed by atoms with van der Waals surface area (Å²) in [4.78, 5) is 20.1. The number of nitrogens with zero attached hydrogens (tertiary/aromatic N) is 3. The highest BCUT2D eigenvalue weighted by atomic mass is 32.1. The average Bonchev–Trinajstić information content (AvgIpc) is 3.26. The van der Waals surface area contributed by atoms with E-state index in [2.05, 4.69) is 10.3 Å². The monoisotopic (exact) mass is 398 g/mol. The Morgan fingerprint density at radius 3 is 3.04 bits per heavy atom. The van der Waals surface area contributed by atoms with E-state index in [9.17, 15) is 18.0 Å². The molecule has 1 N–H and O–H groups in total. The highest BCUT2D eigenvalue weighted by molar-refractivity contribution is 7.22. The molecule has 10 heteroatoms. The van der Waals surface area contributed by atoms with Gasteiger partial charge in [-0.05, 0) is 18.6 Å². The third kappa shape index (κ3) is 2.91. The summed E-state index contributed by atoms with van der Waals surface area (Å²) in [6.45, 7) is 0.158. The summed E-state index contributed by atoms with van der Waals surface area (Å²) < 4.78 is 44.9. The summed E-state index contributed by atoms with van der Waals surface area (Å²) in [5.74, 6) is 0.817. The average molecular weight is 398 g/mol. The molecule has 2 fully saturated rings. The molecule has 1 aromatic carbocycles. The number of nitrogens with one attached hydrogen (secondary N) is 1. The number of hydrogen-bond donors (Lipinski definition) is 1. The molecule has 0 saturated carbocycles. The number of ether oxygens (including phenoxy) is 1. The van der Waals surface area contributed by atoms with Crippen LogP contribution in [0.1, 0.15) is 12.0 Å². The number of carbonyl (C=O) groups excluding carboxylic acids is 1. The largest absolute Gasteiger partial charge is 0.493 e. The van der Waals surface area contributed by atoms with Crippen LogP contribution in [0.25, 0.3) is 10.2 Å². The Balaban J connectivity index is 1.47. The van der Waals surface area contributed by atoms with Crippen molar-refractivity contribution in [1.29, 1.82) is 0 Å². The van der Waals surface area contributed by atoms with Gasteiger partial charge in [-0.15, -0.1) is 0 Å². The van der Waals surface area contributed by atoms with Crippen LogP contribution in [0.4, 0.5) is 23.1 Å². The molecule has 1 aromatic heterocycles. The van der Waals surface area contributed by atoms with Gasteiger partial charge in [0, 0.05) is 25.1 Å². The number of benzene rings is 1. The fraction of sp³-hybridized carbons (Fsp3) is 0.529. The molecule has 2 amide bonds. The number of likely N-dealkylation sites (tertiary alicyclic amines) is 1. The van der Waals surface area contributed by atoms with Gasteiger partial charge in [0.05, 0.1) is 35.5 Å². The molecule has 3 aliphatic heterocycles. The number of carbonyl (C=O) groups is 1. The minimum atomic E-state index is -4.25. The molecule has 0 aliphatic carbocycles. The molecule has 3 aliphatic rings. The Kier molecular flexibility index (Phi) is 3.77. The fourth-order valence-electron chi connectivity index (χ4n) is 4.19. The third-order valence-corrected chi connectivity index (χ3v) is 6.38. The number of alkyl halides is 3. The number of halogens is 3. The number of rotatable bonds is 2. The molecule has 0 radical (unpaired) electrons. The zero-order chi connectivity index (χ0) is 18.8. The normalized spacial score (nSPS) is 25.4. The molecule has 2 aromatic rings. The molecule has 2 atom stereocenters. The second kappa shape index (κ2) is 5.96. The fourth-order valence-corrected chi connectivity index (χ4v) is 5.24. The number of amides is 2. The Morgan fingerprint density at radius 2 is 2.22 bits per heavy atom. The van der Waals surface area contributed by atoms with Crippen molar-refractivity contribution in [3.63, 3.8) is 0 Å². The van der Waals surface area contributed by atoms with E-state index in [1.54, 1.807) is 4.90 Å². The number of aromatic nitrogens is 1. The Bertz CT molecular complexity index is 915. The molecule has 0 spiro atoms. The van der Waals surface area contributed by atoms with Gasteiger partial charge in [-0.2, -0.15) is 13.2 Å². The number of anilines is 1. The summed E-state index contributed by atoms with van der Waals surface area (Å²) >= 11 is 1.39. The maximum Gasteiger partial charge on any atom is 0.401 e. The number of thiazole rings is 1. The van der Waals surface area contributed by atoms with Crippen molar-refractivity contribution in [2.45, 2.75) is 31.1 Å². The van der Waals surface area contributed by atoms with Crippen LogP contribution < -0.4 is 15.0 Å². The quantitative estimate of drug-likeness (QED) is 0.845. The molecule has 2 unspecified atom stereocenters. The highest BCUT2D eigenvalue weighted by Gasteiger charge is 2.46. The van der Waals surface area contributed by atoms with Crippen LogP contribution in [-0.4, -0.2) is 60.4 Å². The maximum atomic E-state index is 12.8. The standard InChI is InChI=1S/C17H17F3N4O2S/c18-17(19,20)8-23-5-3-10-11(7-23)24(15(25)21-10)16-22-14-9-4-6-26-12(9)1-2-13(14)27-16/h1-2,10-11H,3-8H2,(H,21,25). The predicted molar refractivity (Wildman–Crippen MR) is 94.5 cm³/mol. The van der Waals surface area contributed by atoms with E-state index in [-0.39, 0.29) is 24.7 Å². The van der Waals surface area contributed by atoms with Gasteiger partial charge in [0.25, 0.3) is 0 Å². The second-order valence-corrected chi connectivity index (χ2v) is 8.13. The zero-order valence-corrected chi connectivity index (χ0v) is 15.1. The van der Waals surface area contributed by atoms with E-state index < -0.39 is 12.7 Å². The van der Waals surface area contributed by atoms with Crippen molar-refractivity contribution in [1.82, 2.24) is 15.2 Å². The van der Waals surface area contributed by atoms with E-state index in [0.29, 0.717) is 24.7 Å². The lowest BCUT2D eigenvalue weighted by atomic mass is 10.0. The summed E-state index contributed by atoms with van der Waals surface area (Å²) in [6, 6.07) is 3.04.